The summed E-state index contributed by atoms with van der Waals surface area (Å²) in [6, 6.07) is 9.66. The molecule has 3 N–H and O–H groups in total. The lowest BCUT2D eigenvalue weighted by Crippen LogP contribution is -3.28. The number of pyridine rings is 2. The molecule has 6 heteroatoms. The average Bonchev–Trinajstić information content (AvgIpc) is 2.73. The number of halogens is 1. The fourth-order valence-corrected chi connectivity index (χ4v) is 4.44. The van der Waals surface area contributed by atoms with Gasteiger partial charge in [0.1, 0.15) is 37.7 Å². The molecule has 2 aromatic heterocycles. The zero-order chi connectivity index (χ0) is 18.8. The molecule has 0 saturated carbocycles. The van der Waals surface area contributed by atoms with E-state index in [4.69, 9.17) is 11.6 Å². The van der Waals surface area contributed by atoms with Crippen molar-refractivity contribution in [1.29, 1.82) is 0 Å². The van der Waals surface area contributed by atoms with Gasteiger partial charge in [-0.1, -0.05) is 11.6 Å². The summed E-state index contributed by atoms with van der Waals surface area (Å²) >= 11 is 6.57. The standard InChI is InChI=1S/C21H23ClN4O/c1-2-25-9-11-26(12-10-25)20(15-5-3-7-23-14-15)17-13-18(22)16-6-4-8-24-19(16)21(17)27/h3-8,13-14,20,27H,2,9-12H2,1H3/p+2/t20-/m0/s1. The molecule has 0 aliphatic carbocycles. The van der Waals surface area contributed by atoms with Gasteiger partial charge in [-0.3, -0.25) is 9.97 Å². The lowest BCUT2D eigenvalue weighted by molar-refractivity contribution is -1.02. The second-order valence-electron chi connectivity index (χ2n) is 7.18. The molecule has 0 amide bonds. The largest absolute Gasteiger partial charge is 0.505 e. The van der Waals surface area contributed by atoms with E-state index in [1.165, 1.54) is 4.90 Å². The number of nitrogens with zero attached hydrogens (tertiary/aromatic N) is 2. The Morgan fingerprint density at radius 1 is 1.15 bits per heavy atom. The van der Waals surface area contributed by atoms with Crippen molar-refractivity contribution in [3.8, 4) is 5.75 Å². The van der Waals surface area contributed by atoms with Gasteiger partial charge < -0.3 is 14.9 Å². The molecule has 1 fully saturated rings. The van der Waals surface area contributed by atoms with Gasteiger partial charge in [-0.15, -0.1) is 0 Å². The second-order valence-corrected chi connectivity index (χ2v) is 7.58. The van der Waals surface area contributed by atoms with Crippen LogP contribution in [0.5, 0.6) is 5.75 Å². The summed E-state index contributed by atoms with van der Waals surface area (Å²) in [6.07, 6.45) is 5.37. The van der Waals surface area contributed by atoms with Gasteiger partial charge in [-0.25, -0.2) is 0 Å². The maximum Gasteiger partial charge on any atom is 0.151 e. The van der Waals surface area contributed by atoms with E-state index in [9.17, 15) is 5.11 Å². The van der Waals surface area contributed by atoms with Crippen LogP contribution in [0.1, 0.15) is 24.1 Å². The van der Waals surface area contributed by atoms with Crippen molar-refractivity contribution in [3.63, 3.8) is 0 Å². The van der Waals surface area contributed by atoms with E-state index in [0.717, 1.165) is 49.2 Å². The molecule has 3 aromatic rings. The van der Waals surface area contributed by atoms with E-state index in [1.807, 2.05) is 30.5 Å². The molecule has 1 aliphatic heterocycles. The lowest BCUT2D eigenvalue weighted by atomic mass is 9.95. The zero-order valence-corrected chi connectivity index (χ0v) is 16.2. The SMILES string of the molecule is CC[NH+]1CC[NH+]([C@@H](c2cccnc2)c2cc(Cl)c3cccnc3c2O)CC1. The Balaban J connectivity index is 1.82. The van der Waals surface area contributed by atoms with Crippen molar-refractivity contribution in [2.45, 2.75) is 13.0 Å². The first-order valence-electron chi connectivity index (χ1n) is 9.53. The van der Waals surface area contributed by atoms with Crippen LogP contribution in [0.3, 0.4) is 0 Å². The van der Waals surface area contributed by atoms with E-state index in [2.05, 4.69) is 23.0 Å². The first-order chi connectivity index (χ1) is 13.2. The highest BCUT2D eigenvalue weighted by Gasteiger charge is 2.34. The number of aromatic hydroxyl groups is 1. The van der Waals surface area contributed by atoms with Crippen LogP contribution in [0.25, 0.3) is 10.9 Å². The molecule has 1 aromatic carbocycles. The molecule has 1 aliphatic rings. The van der Waals surface area contributed by atoms with Crippen LogP contribution >= 0.6 is 11.6 Å². The Bertz CT molecular complexity index is 926. The number of nitrogens with one attached hydrogen (secondary N) is 2. The third kappa shape index (κ3) is 3.50. The third-order valence-electron chi connectivity index (χ3n) is 5.68. The van der Waals surface area contributed by atoms with Crippen molar-refractivity contribution >= 4 is 22.5 Å². The van der Waals surface area contributed by atoms with Gasteiger partial charge in [0, 0.05) is 29.5 Å². The van der Waals surface area contributed by atoms with Gasteiger partial charge in [-0.2, -0.15) is 0 Å². The van der Waals surface area contributed by atoms with Crippen LogP contribution in [0, 0.1) is 0 Å². The Hall–Kier alpha value is -2.21. The normalized spacial score (nSPS) is 21.3. The minimum Gasteiger partial charge on any atom is -0.505 e. The predicted molar refractivity (Wildman–Crippen MR) is 106 cm³/mol. The number of benzene rings is 1. The molecule has 0 spiro atoms. The molecule has 0 bridgehead atoms. The second kappa shape index (κ2) is 7.80. The van der Waals surface area contributed by atoms with Gasteiger partial charge in [0.15, 0.2) is 5.75 Å². The fraction of sp³-hybridized carbons (Fsp3) is 0.333. The third-order valence-corrected chi connectivity index (χ3v) is 5.99. The quantitative estimate of drug-likeness (QED) is 0.626. The van der Waals surface area contributed by atoms with E-state index in [-0.39, 0.29) is 11.8 Å². The van der Waals surface area contributed by atoms with E-state index in [0.29, 0.717) is 10.5 Å². The highest BCUT2D eigenvalue weighted by Crippen LogP contribution is 2.37. The van der Waals surface area contributed by atoms with Crippen LogP contribution in [0.4, 0.5) is 0 Å². The summed E-state index contributed by atoms with van der Waals surface area (Å²) in [6.45, 7) is 7.73. The lowest BCUT2D eigenvalue weighted by Gasteiger charge is -2.35. The van der Waals surface area contributed by atoms with Crippen LogP contribution in [0.2, 0.25) is 5.02 Å². The number of rotatable bonds is 4. The average molecular weight is 385 g/mol. The molecule has 0 unspecified atom stereocenters. The smallest absolute Gasteiger partial charge is 0.151 e. The highest BCUT2D eigenvalue weighted by atomic mass is 35.5. The Kier molecular flexibility index (Phi) is 5.25. The Morgan fingerprint density at radius 2 is 1.93 bits per heavy atom. The molecular formula is C21H25ClN4O+2. The number of quaternary nitrogens is 2. The molecule has 27 heavy (non-hydrogen) atoms. The van der Waals surface area contributed by atoms with Crippen molar-refractivity contribution in [3.05, 3.63) is 65.1 Å². The van der Waals surface area contributed by atoms with Crippen molar-refractivity contribution in [2.24, 2.45) is 0 Å². The monoisotopic (exact) mass is 384 g/mol. The van der Waals surface area contributed by atoms with Crippen molar-refractivity contribution < 1.29 is 14.9 Å². The molecule has 140 valence electrons. The molecule has 0 radical (unpaired) electrons. The number of phenols is 1. The predicted octanol–water partition coefficient (Wildman–Crippen LogP) is 0.882. The van der Waals surface area contributed by atoms with Gasteiger partial charge in [-0.05, 0) is 37.3 Å². The number of phenolic OH excluding ortho intramolecular Hbond substituents is 1. The molecule has 5 nitrogen and oxygen atoms in total. The molecule has 3 heterocycles. The maximum absolute atomic E-state index is 11.1. The Labute approximate surface area is 164 Å². The fourth-order valence-electron chi connectivity index (χ4n) is 4.17. The summed E-state index contributed by atoms with van der Waals surface area (Å²) in [5.41, 5.74) is 2.48. The number of aromatic nitrogens is 2. The number of likely N-dealkylation sites (N-methyl/N-ethyl adjacent to an activating group) is 1. The summed E-state index contributed by atoms with van der Waals surface area (Å²) in [7, 11) is 0. The van der Waals surface area contributed by atoms with Gasteiger partial charge >= 0.3 is 0 Å². The summed E-state index contributed by atoms with van der Waals surface area (Å²) in [5.74, 6) is 0.224. The van der Waals surface area contributed by atoms with Crippen molar-refractivity contribution in [1.82, 2.24) is 9.97 Å². The Morgan fingerprint density at radius 3 is 2.63 bits per heavy atom. The minimum absolute atomic E-state index is 0.0130. The highest BCUT2D eigenvalue weighted by molar-refractivity contribution is 6.35. The molecule has 1 atom stereocenters. The van der Waals surface area contributed by atoms with Crippen LogP contribution in [0.15, 0.2) is 48.9 Å². The minimum atomic E-state index is -0.0130. The number of piperazine rings is 1. The molecule has 4 rings (SSSR count). The first-order valence-corrected chi connectivity index (χ1v) is 9.91. The van der Waals surface area contributed by atoms with Gasteiger partial charge in [0.05, 0.1) is 17.1 Å². The number of fused-ring (bicyclic) bond motifs is 1. The summed E-state index contributed by atoms with van der Waals surface area (Å²) in [4.78, 5) is 11.8. The number of hydrogen-bond donors (Lipinski definition) is 3. The van der Waals surface area contributed by atoms with Crippen LogP contribution in [-0.4, -0.2) is 47.8 Å². The maximum atomic E-state index is 11.1. The number of hydrogen-bond acceptors (Lipinski definition) is 3. The van der Waals surface area contributed by atoms with Gasteiger partial charge in [0.2, 0.25) is 0 Å². The molecule has 1 saturated heterocycles. The summed E-state index contributed by atoms with van der Waals surface area (Å²) < 4.78 is 0. The summed E-state index contributed by atoms with van der Waals surface area (Å²) in [5, 5.41) is 12.5. The van der Waals surface area contributed by atoms with E-state index in [1.54, 1.807) is 17.3 Å². The van der Waals surface area contributed by atoms with E-state index < -0.39 is 0 Å². The van der Waals surface area contributed by atoms with Crippen LogP contribution in [-0.2, 0) is 0 Å². The van der Waals surface area contributed by atoms with Crippen molar-refractivity contribution in [2.75, 3.05) is 32.7 Å². The first kappa shape index (κ1) is 18.2. The van der Waals surface area contributed by atoms with Crippen LogP contribution < -0.4 is 9.80 Å². The topological polar surface area (TPSA) is 54.9 Å². The molecular weight excluding hydrogens is 360 g/mol. The van der Waals surface area contributed by atoms with Gasteiger partial charge in [0.25, 0.3) is 0 Å². The van der Waals surface area contributed by atoms with E-state index >= 15 is 0 Å². The zero-order valence-electron chi connectivity index (χ0n) is 15.5.